The minimum absolute atomic E-state index is 0.207. The van der Waals surface area contributed by atoms with Crippen LogP contribution in [-0.2, 0) is 36.7 Å². The van der Waals surface area contributed by atoms with Gasteiger partial charge in [0.1, 0.15) is 36.6 Å². The molecule has 3 rings (SSSR count). The molecule has 0 saturated carbocycles. The fourth-order valence-corrected chi connectivity index (χ4v) is 5.71. The van der Waals surface area contributed by atoms with Crippen LogP contribution in [0.3, 0.4) is 0 Å². The Labute approximate surface area is 152 Å². The van der Waals surface area contributed by atoms with Crippen LogP contribution in [0.5, 0.6) is 0 Å². The lowest BCUT2D eigenvalue weighted by atomic mass is 10.1. The number of ether oxygens (including phenoxy) is 2. The quantitative estimate of drug-likeness (QED) is 0.546. The molecular formula is C14H26O10P2. The Kier molecular flexibility index (Phi) is 6.03. The summed E-state index contributed by atoms with van der Waals surface area (Å²) in [6, 6.07) is 0. The predicted octanol–water partition coefficient (Wildman–Crippen LogP) is 0.746. The monoisotopic (exact) mass is 416 g/mol. The SMILES string of the molecule is C[C@@H]1O[C@@H]2COP(C)(=O)O[C@@H]3[C@H](O)[C@@H](COP(C)(=O)O[C@H]2[C@H]1O)O[C@H]3C. The maximum atomic E-state index is 12.7. The Morgan fingerprint density at radius 3 is 1.88 bits per heavy atom. The topological polar surface area (TPSA) is 130 Å². The average molecular weight is 416 g/mol. The summed E-state index contributed by atoms with van der Waals surface area (Å²) in [5.41, 5.74) is 0. The summed E-state index contributed by atoms with van der Waals surface area (Å²) in [5.74, 6) is 0. The fourth-order valence-electron chi connectivity index (χ4n) is 3.31. The average Bonchev–Trinajstić information content (AvgIpc) is 2.95. The maximum absolute atomic E-state index is 12.7. The Morgan fingerprint density at radius 1 is 0.769 bits per heavy atom. The molecule has 0 aromatic carbocycles. The van der Waals surface area contributed by atoms with Gasteiger partial charge >= 0.3 is 15.2 Å². The molecule has 3 aliphatic heterocycles. The first-order valence-electron chi connectivity index (χ1n) is 8.47. The van der Waals surface area contributed by atoms with Crippen molar-refractivity contribution in [2.24, 2.45) is 0 Å². The second-order valence-corrected chi connectivity index (χ2v) is 11.0. The molecule has 0 amide bonds. The van der Waals surface area contributed by atoms with Crippen molar-refractivity contribution in [3.63, 3.8) is 0 Å². The molecule has 10 atom stereocenters. The lowest BCUT2D eigenvalue weighted by molar-refractivity contribution is -0.0276. The molecular weight excluding hydrogens is 390 g/mol. The highest BCUT2D eigenvalue weighted by Crippen LogP contribution is 2.52. The fraction of sp³-hybridized carbons (Fsp3) is 1.00. The smallest absolute Gasteiger partial charge is 0.328 e. The molecule has 2 N–H and O–H groups in total. The molecule has 2 unspecified atom stereocenters. The molecule has 0 aromatic heterocycles. The molecule has 12 heteroatoms. The van der Waals surface area contributed by atoms with Gasteiger partial charge in [-0.15, -0.1) is 0 Å². The van der Waals surface area contributed by atoms with E-state index in [-0.39, 0.29) is 13.2 Å². The first kappa shape index (κ1) is 20.9. The van der Waals surface area contributed by atoms with Crippen LogP contribution in [0, 0.1) is 0 Å². The molecule has 0 aliphatic carbocycles. The summed E-state index contributed by atoms with van der Waals surface area (Å²) < 4.78 is 58.2. The van der Waals surface area contributed by atoms with Crippen LogP contribution in [-0.4, -0.2) is 85.6 Å². The lowest BCUT2D eigenvalue weighted by Gasteiger charge is -2.26. The lowest BCUT2D eigenvalue weighted by Crippen LogP contribution is -2.36. The van der Waals surface area contributed by atoms with Crippen LogP contribution in [0.2, 0.25) is 0 Å². The highest BCUT2D eigenvalue weighted by atomic mass is 31.2. The van der Waals surface area contributed by atoms with Gasteiger partial charge in [-0.25, -0.2) is 0 Å². The van der Waals surface area contributed by atoms with E-state index in [4.69, 9.17) is 27.6 Å². The first-order chi connectivity index (χ1) is 12.0. The van der Waals surface area contributed by atoms with Crippen molar-refractivity contribution in [2.45, 2.75) is 62.7 Å². The first-order valence-corrected chi connectivity index (χ1v) is 12.4. The van der Waals surface area contributed by atoms with Crippen molar-refractivity contribution in [1.29, 1.82) is 0 Å². The van der Waals surface area contributed by atoms with Gasteiger partial charge in [-0.1, -0.05) is 0 Å². The number of fused-ring (bicyclic) bond motifs is 3. The summed E-state index contributed by atoms with van der Waals surface area (Å²) in [7, 11) is -7.15. The van der Waals surface area contributed by atoms with Gasteiger partial charge in [0.15, 0.2) is 0 Å². The zero-order chi connectivity index (χ0) is 19.3. The maximum Gasteiger partial charge on any atom is 0.328 e. The molecule has 2 bridgehead atoms. The van der Waals surface area contributed by atoms with Gasteiger partial charge in [0, 0.05) is 13.3 Å². The number of aliphatic hydroxyl groups is 2. The van der Waals surface area contributed by atoms with Crippen LogP contribution in [0.15, 0.2) is 0 Å². The molecule has 26 heavy (non-hydrogen) atoms. The number of rotatable bonds is 0. The van der Waals surface area contributed by atoms with Gasteiger partial charge in [-0.2, -0.15) is 0 Å². The van der Waals surface area contributed by atoms with E-state index in [9.17, 15) is 19.3 Å². The molecule has 3 saturated heterocycles. The number of hydrogen-bond donors (Lipinski definition) is 2. The second kappa shape index (κ2) is 7.52. The van der Waals surface area contributed by atoms with Crippen LogP contribution in [0.25, 0.3) is 0 Å². The van der Waals surface area contributed by atoms with E-state index in [0.717, 1.165) is 0 Å². The summed E-state index contributed by atoms with van der Waals surface area (Å²) in [4.78, 5) is 0. The Morgan fingerprint density at radius 2 is 1.27 bits per heavy atom. The van der Waals surface area contributed by atoms with Crippen LogP contribution in [0.4, 0.5) is 0 Å². The van der Waals surface area contributed by atoms with E-state index < -0.39 is 64.0 Å². The Hall–Kier alpha value is 0.140. The van der Waals surface area contributed by atoms with Crippen LogP contribution in [0.1, 0.15) is 13.8 Å². The van der Waals surface area contributed by atoms with Crippen molar-refractivity contribution in [2.75, 3.05) is 26.5 Å². The molecule has 3 aliphatic rings. The van der Waals surface area contributed by atoms with Gasteiger partial charge in [-0.05, 0) is 13.8 Å². The third-order valence-electron chi connectivity index (χ3n) is 4.72. The highest BCUT2D eigenvalue weighted by molar-refractivity contribution is 7.53. The molecule has 152 valence electrons. The van der Waals surface area contributed by atoms with E-state index in [0.29, 0.717) is 0 Å². The summed E-state index contributed by atoms with van der Waals surface area (Å²) in [6.07, 6.45) is -6.83. The van der Waals surface area contributed by atoms with Crippen LogP contribution < -0.4 is 0 Å². The van der Waals surface area contributed by atoms with Crippen molar-refractivity contribution in [3.8, 4) is 0 Å². The summed E-state index contributed by atoms with van der Waals surface area (Å²) >= 11 is 0. The van der Waals surface area contributed by atoms with Gasteiger partial charge in [0.25, 0.3) is 0 Å². The Bertz CT molecular complexity index is 615. The van der Waals surface area contributed by atoms with Crippen molar-refractivity contribution in [3.05, 3.63) is 0 Å². The zero-order valence-electron chi connectivity index (χ0n) is 15.1. The molecule has 3 fully saturated rings. The standard InChI is InChI=1S/C14H26O10P2/c1-7-11(15)14-10(21-7)6-20-25(3,17)23-13-8(2)22-9(12(13)16)5-19-26(4,18)24-14/h7-16H,5-6H2,1-4H3/t7-,8-,9+,10+,11-,12+,13-,14+,25?,26?/m0/s1. The van der Waals surface area contributed by atoms with Crippen molar-refractivity contribution < 1.29 is 46.9 Å². The zero-order valence-corrected chi connectivity index (χ0v) is 16.9. The van der Waals surface area contributed by atoms with Gasteiger partial charge < -0.3 is 28.7 Å². The number of aliphatic hydroxyl groups excluding tert-OH is 2. The van der Waals surface area contributed by atoms with Crippen molar-refractivity contribution in [1.82, 2.24) is 0 Å². The van der Waals surface area contributed by atoms with Gasteiger partial charge in [0.2, 0.25) is 0 Å². The second-order valence-electron chi connectivity index (χ2n) is 7.01. The molecule has 0 radical (unpaired) electrons. The van der Waals surface area contributed by atoms with Crippen LogP contribution >= 0.6 is 15.2 Å². The van der Waals surface area contributed by atoms with E-state index >= 15 is 0 Å². The molecule has 0 spiro atoms. The van der Waals surface area contributed by atoms with Gasteiger partial charge in [-0.3, -0.25) is 18.2 Å². The largest absolute Gasteiger partial charge is 0.388 e. The summed E-state index contributed by atoms with van der Waals surface area (Å²) in [5, 5.41) is 20.6. The van der Waals surface area contributed by atoms with Gasteiger partial charge in [0.05, 0.1) is 25.4 Å². The molecule has 10 nitrogen and oxygen atoms in total. The molecule has 0 aromatic rings. The van der Waals surface area contributed by atoms with E-state index in [2.05, 4.69) is 0 Å². The minimum atomic E-state index is -3.59. The normalized spacial score (nSPS) is 56.2. The Balaban J connectivity index is 1.85. The third kappa shape index (κ3) is 4.41. The van der Waals surface area contributed by atoms with E-state index in [1.165, 1.54) is 13.3 Å². The predicted molar refractivity (Wildman–Crippen MR) is 89.4 cm³/mol. The van der Waals surface area contributed by atoms with E-state index in [1.54, 1.807) is 13.8 Å². The van der Waals surface area contributed by atoms with Crippen molar-refractivity contribution >= 4 is 15.2 Å². The number of hydrogen-bond acceptors (Lipinski definition) is 10. The van der Waals surface area contributed by atoms with E-state index in [1.807, 2.05) is 0 Å². The minimum Gasteiger partial charge on any atom is -0.388 e. The molecule has 3 heterocycles. The highest BCUT2D eigenvalue weighted by Gasteiger charge is 2.49. The third-order valence-corrected chi connectivity index (χ3v) is 7.20. The summed E-state index contributed by atoms with van der Waals surface area (Å²) in [6.45, 7) is 5.43.